The molecular formula is C21H27FN4O2. The number of phenolic OH excluding ortho intramolecular Hbond substituents is 1. The van der Waals surface area contributed by atoms with Gasteiger partial charge in [0.15, 0.2) is 0 Å². The Morgan fingerprint density at radius 3 is 2.89 bits per heavy atom. The van der Waals surface area contributed by atoms with Crippen molar-refractivity contribution in [1.82, 2.24) is 20.0 Å². The Kier molecular flexibility index (Phi) is 5.35. The summed E-state index contributed by atoms with van der Waals surface area (Å²) in [5.74, 6) is -0.507. The Bertz CT molecular complexity index is 840. The molecule has 2 unspecified atom stereocenters. The SMILES string of the molecule is Cc1cnn(C2CCCNC2)c1C(=O)N1CCCC(c2cc(O)cc(F)c2)C1. The number of rotatable bonds is 3. The van der Waals surface area contributed by atoms with Crippen LogP contribution in [0, 0.1) is 12.7 Å². The number of nitrogens with zero attached hydrogens (tertiary/aromatic N) is 3. The molecule has 2 aromatic rings. The number of aromatic nitrogens is 2. The Morgan fingerprint density at radius 2 is 2.14 bits per heavy atom. The molecule has 2 aliphatic heterocycles. The van der Waals surface area contributed by atoms with Gasteiger partial charge in [0.2, 0.25) is 0 Å². The largest absolute Gasteiger partial charge is 0.508 e. The Balaban J connectivity index is 1.56. The monoisotopic (exact) mass is 386 g/mol. The molecule has 0 spiro atoms. The zero-order chi connectivity index (χ0) is 19.7. The molecule has 4 rings (SSSR count). The molecule has 7 heteroatoms. The van der Waals surface area contributed by atoms with E-state index in [1.54, 1.807) is 12.3 Å². The van der Waals surface area contributed by atoms with E-state index in [1.807, 2.05) is 16.5 Å². The number of benzene rings is 1. The van der Waals surface area contributed by atoms with E-state index in [-0.39, 0.29) is 23.6 Å². The van der Waals surface area contributed by atoms with Gasteiger partial charge in [-0.15, -0.1) is 0 Å². The number of piperidine rings is 2. The first kappa shape index (κ1) is 18.9. The molecular weight excluding hydrogens is 359 g/mol. The molecule has 0 aliphatic carbocycles. The second-order valence-corrected chi connectivity index (χ2v) is 7.95. The standard InChI is InChI=1S/C21H27FN4O2/c1-14-11-24-26(18-5-2-6-23-12-18)20(14)21(28)25-7-3-4-15(13-25)16-8-17(22)10-19(27)9-16/h8-11,15,18,23,27H,2-7,12-13H2,1H3. The summed E-state index contributed by atoms with van der Waals surface area (Å²) in [7, 11) is 0. The fraction of sp³-hybridized carbons (Fsp3) is 0.524. The third kappa shape index (κ3) is 3.76. The van der Waals surface area contributed by atoms with E-state index < -0.39 is 5.82 Å². The average molecular weight is 386 g/mol. The van der Waals surface area contributed by atoms with Gasteiger partial charge in [-0.2, -0.15) is 5.10 Å². The number of likely N-dealkylation sites (tertiary alicyclic amines) is 1. The lowest BCUT2D eigenvalue weighted by Crippen LogP contribution is -2.41. The Hall–Kier alpha value is -2.41. The molecule has 1 aromatic carbocycles. The summed E-state index contributed by atoms with van der Waals surface area (Å²) in [4.78, 5) is 15.2. The molecule has 3 heterocycles. The fourth-order valence-corrected chi connectivity index (χ4v) is 4.45. The highest BCUT2D eigenvalue weighted by molar-refractivity contribution is 5.94. The highest BCUT2D eigenvalue weighted by Gasteiger charge is 2.30. The summed E-state index contributed by atoms with van der Waals surface area (Å²) >= 11 is 0. The zero-order valence-electron chi connectivity index (χ0n) is 16.2. The van der Waals surface area contributed by atoms with E-state index in [4.69, 9.17) is 0 Å². The summed E-state index contributed by atoms with van der Waals surface area (Å²) in [5, 5.41) is 17.6. The van der Waals surface area contributed by atoms with Crippen LogP contribution in [-0.2, 0) is 0 Å². The van der Waals surface area contributed by atoms with Crippen LogP contribution in [0.5, 0.6) is 5.75 Å². The van der Waals surface area contributed by atoms with Gasteiger partial charge in [0, 0.05) is 37.2 Å². The minimum absolute atomic E-state index is 0.00843. The molecule has 2 aliphatic rings. The normalized spacial score (nSPS) is 23.0. The van der Waals surface area contributed by atoms with Crippen LogP contribution in [0.3, 0.4) is 0 Å². The number of aryl methyl sites for hydroxylation is 1. The van der Waals surface area contributed by atoms with Crippen LogP contribution in [0.15, 0.2) is 24.4 Å². The van der Waals surface area contributed by atoms with Crippen molar-refractivity contribution in [1.29, 1.82) is 0 Å². The van der Waals surface area contributed by atoms with E-state index >= 15 is 0 Å². The number of amides is 1. The van der Waals surface area contributed by atoms with Crippen molar-refractivity contribution in [3.8, 4) is 5.75 Å². The van der Waals surface area contributed by atoms with E-state index in [9.17, 15) is 14.3 Å². The van der Waals surface area contributed by atoms with Crippen LogP contribution in [0.25, 0.3) is 0 Å². The molecule has 1 aromatic heterocycles. The maximum atomic E-state index is 13.7. The molecule has 2 saturated heterocycles. The van der Waals surface area contributed by atoms with Crippen molar-refractivity contribution in [2.45, 2.75) is 44.6 Å². The topological polar surface area (TPSA) is 70.4 Å². The average Bonchev–Trinajstić information content (AvgIpc) is 3.09. The van der Waals surface area contributed by atoms with Crippen molar-refractivity contribution in [2.24, 2.45) is 0 Å². The van der Waals surface area contributed by atoms with Gasteiger partial charge in [-0.1, -0.05) is 0 Å². The highest BCUT2D eigenvalue weighted by atomic mass is 19.1. The number of halogens is 1. The van der Waals surface area contributed by atoms with Gasteiger partial charge in [0.05, 0.1) is 12.2 Å². The molecule has 0 bridgehead atoms. The smallest absolute Gasteiger partial charge is 0.272 e. The van der Waals surface area contributed by atoms with Gasteiger partial charge in [-0.3, -0.25) is 9.48 Å². The van der Waals surface area contributed by atoms with E-state index in [0.29, 0.717) is 18.8 Å². The Morgan fingerprint density at radius 1 is 1.29 bits per heavy atom. The second kappa shape index (κ2) is 7.91. The quantitative estimate of drug-likeness (QED) is 0.851. The lowest BCUT2D eigenvalue weighted by atomic mass is 9.90. The van der Waals surface area contributed by atoms with E-state index in [0.717, 1.165) is 56.0 Å². The van der Waals surface area contributed by atoms with Crippen LogP contribution in [0.2, 0.25) is 0 Å². The van der Waals surface area contributed by atoms with Gasteiger partial charge in [-0.05, 0) is 56.8 Å². The number of aromatic hydroxyl groups is 1. The number of carbonyl (C=O) groups excluding carboxylic acids is 1. The van der Waals surface area contributed by atoms with Crippen LogP contribution in [0.1, 0.15) is 59.3 Å². The number of hydrogen-bond donors (Lipinski definition) is 2. The van der Waals surface area contributed by atoms with Crippen molar-refractivity contribution in [3.63, 3.8) is 0 Å². The molecule has 150 valence electrons. The summed E-state index contributed by atoms with van der Waals surface area (Å²) < 4.78 is 15.6. The van der Waals surface area contributed by atoms with Crippen molar-refractivity contribution < 1.29 is 14.3 Å². The van der Waals surface area contributed by atoms with E-state index in [2.05, 4.69) is 10.4 Å². The molecule has 0 radical (unpaired) electrons. The first-order valence-corrected chi connectivity index (χ1v) is 10.1. The van der Waals surface area contributed by atoms with Gasteiger partial charge in [0.25, 0.3) is 5.91 Å². The summed E-state index contributed by atoms with van der Waals surface area (Å²) in [6, 6.07) is 4.36. The maximum absolute atomic E-state index is 13.7. The van der Waals surface area contributed by atoms with Gasteiger partial charge < -0.3 is 15.3 Å². The molecule has 6 nitrogen and oxygen atoms in total. The molecule has 0 saturated carbocycles. The summed E-state index contributed by atoms with van der Waals surface area (Å²) in [6.45, 7) is 4.97. The van der Waals surface area contributed by atoms with Gasteiger partial charge in [-0.25, -0.2) is 4.39 Å². The van der Waals surface area contributed by atoms with Crippen molar-refractivity contribution in [3.05, 3.63) is 47.0 Å². The minimum Gasteiger partial charge on any atom is -0.508 e. The van der Waals surface area contributed by atoms with Gasteiger partial charge >= 0.3 is 0 Å². The molecule has 28 heavy (non-hydrogen) atoms. The van der Waals surface area contributed by atoms with Crippen LogP contribution < -0.4 is 5.32 Å². The van der Waals surface area contributed by atoms with Crippen LogP contribution in [-0.4, -0.2) is 51.9 Å². The number of hydrogen-bond acceptors (Lipinski definition) is 4. The Labute approximate surface area is 164 Å². The first-order chi connectivity index (χ1) is 13.5. The number of carbonyl (C=O) groups is 1. The van der Waals surface area contributed by atoms with Crippen LogP contribution >= 0.6 is 0 Å². The lowest BCUT2D eigenvalue weighted by Gasteiger charge is -2.34. The zero-order valence-corrected chi connectivity index (χ0v) is 16.2. The van der Waals surface area contributed by atoms with Gasteiger partial charge in [0.1, 0.15) is 17.3 Å². The van der Waals surface area contributed by atoms with E-state index in [1.165, 1.54) is 6.07 Å². The maximum Gasteiger partial charge on any atom is 0.272 e. The third-order valence-corrected chi connectivity index (χ3v) is 5.88. The molecule has 2 N–H and O–H groups in total. The lowest BCUT2D eigenvalue weighted by molar-refractivity contribution is 0.0689. The second-order valence-electron chi connectivity index (χ2n) is 7.95. The molecule has 2 atom stereocenters. The van der Waals surface area contributed by atoms with Crippen molar-refractivity contribution in [2.75, 3.05) is 26.2 Å². The number of phenols is 1. The molecule has 2 fully saturated rings. The first-order valence-electron chi connectivity index (χ1n) is 10.1. The highest BCUT2D eigenvalue weighted by Crippen LogP contribution is 2.31. The number of nitrogens with one attached hydrogen (secondary N) is 1. The summed E-state index contributed by atoms with van der Waals surface area (Å²) in [6.07, 6.45) is 5.59. The minimum atomic E-state index is -0.447. The van der Waals surface area contributed by atoms with Crippen LogP contribution in [0.4, 0.5) is 4.39 Å². The predicted octanol–water partition coefficient (Wildman–Crippen LogP) is 2.98. The molecule has 1 amide bonds. The summed E-state index contributed by atoms with van der Waals surface area (Å²) in [5.41, 5.74) is 2.30. The van der Waals surface area contributed by atoms with Crippen molar-refractivity contribution >= 4 is 5.91 Å². The third-order valence-electron chi connectivity index (χ3n) is 5.88. The fourth-order valence-electron chi connectivity index (χ4n) is 4.45. The predicted molar refractivity (Wildman–Crippen MR) is 104 cm³/mol.